The number of nitrogens with two attached hydrogens (primary N) is 1. The summed E-state index contributed by atoms with van der Waals surface area (Å²) in [6.07, 6.45) is -2.65. The van der Waals surface area contributed by atoms with Gasteiger partial charge in [-0.25, -0.2) is 13.6 Å². The number of aromatic nitrogens is 1. The molecule has 0 spiro atoms. The van der Waals surface area contributed by atoms with Crippen molar-refractivity contribution < 1.29 is 21.6 Å². The van der Waals surface area contributed by atoms with Gasteiger partial charge in [-0.2, -0.15) is 13.2 Å². The van der Waals surface area contributed by atoms with Crippen molar-refractivity contribution in [2.24, 2.45) is 5.14 Å². The van der Waals surface area contributed by atoms with Gasteiger partial charge in [-0.15, -0.1) is 0 Å². The molecule has 2 N–H and O–H groups in total. The third-order valence-corrected chi connectivity index (χ3v) is 4.63. The first kappa shape index (κ1) is 17.2. The molecular weight excluding hydrogens is 353 g/mol. The second kappa shape index (κ2) is 6.05. The Labute approximate surface area is 142 Å². The number of alkyl halides is 3. The van der Waals surface area contributed by atoms with E-state index in [1.165, 1.54) is 24.3 Å². The van der Waals surface area contributed by atoms with Crippen molar-refractivity contribution in [2.75, 3.05) is 0 Å². The molecule has 3 rings (SSSR count). The maximum Gasteiger partial charge on any atom is 0.416 e. The summed E-state index contributed by atoms with van der Waals surface area (Å²) < 4.78 is 62.4. The lowest BCUT2D eigenvalue weighted by atomic mass is 10.1. The van der Waals surface area contributed by atoms with Crippen LogP contribution in [-0.4, -0.2) is 13.0 Å². The van der Waals surface area contributed by atoms with Gasteiger partial charge in [0.2, 0.25) is 10.0 Å². The van der Waals surface area contributed by atoms with Crippen LogP contribution in [0.2, 0.25) is 0 Å². The molecule has 0 unspecified atom stereocenters. The summed E-state index contributed by atoms with van der Waals surface area (Å²) in [5.41, 5.74) is 1.23. The minimum absolute atomic E-state index is 0.0144. The average Bonchev–Trinajstić information content (AvgIpc) is 3.03. The van der Waals surface area contributed by atoms with Gasteiger partial charge in [0.25, 0.3) is 0 Å². The Morgan fingerprint density at radius 2 is 1.48 bits per heavy atom. The smallest absolute Gasteiger partial charge is 0.317 e. The van der Waals surface area contributed by atoms with Gasteiger partial charge in [0.05, 0.1) is 16.2 Å². The predicted molar refractivity (Wildman–Crippen MR) is 87.6 cm³/mol. The second-order valence-corrected chi connectivity index (χ2v) is 6.94. The summed E-state index contributed by atoms with van der Waals surface area (Å²) in [4.78, 5) is -0.0144. The molecular formula is C17H13F3N2O2S. The molecule has 0 amide bonds. The first-order chi connectivity index (χ1) is 11.7. The summed E-state index contributed by atoms with van der Waals surface area (Å²) in [6, 6.07) is 14.3. The van der Waals surface area contributed by atoms with Crippen LogP contribution >= 0.6 is 0 Å². The maximum absolute atomic E-state index is 12.7. The molecule has 0 saturated carbocycles. The summed E-state index contributed by atoms with van der Waals surface area (Å²) in [5, 5.41) is 5.07. The first-order valence-corrected chi connectivity index (χ1v) is 8.69. The maximum atomic E-state index is 12.7. The van der Waals surface area contributed by atoms with Crippen molar-refractivity contribution in [3.63, 3.8) is 0 Å². The fraction of sp³-hybridized carbons (Fsp3) is 0.0588. The molecule has 0 aliphatic carbocycles. The van der Waals surface area contributed by atoms with E-state index >= 15 is 0 Å². The third kappa shape index (κ3) is 3.59. The normalized spacial score (nSPS) is 12.3. The van der Waals surface area contributed by atoms with E-state index in [4.69, 9.17) is 5.14 Å². The standard InChI is InChI=1S/C17H13F3N2O2S/c18-17(19,20)13-5-3-12(4-6-13)16-2-1-11-22(16)14-7-9-15(10-8-14)25(21,23)24/h1-11H,(H2,21,23,24). The van der Waals surface area contributed by atoms with Crippen LogP contribution in [0.25, 0.3) is 16.9 Å². The third-order valence-electron chi connectivity index (χ3n) is 3.70. The molecule has 4 nitrogen and oxygen atoms in total. The Morgan fingerprint density at radius 1 is 0.880 bits per heavy atom. The van der Waals surface area contributed by atoms with Gasteiger partial charge >= 0.3 is 6.18 Å². The van der Waals surface area contributed by atoms with Crippen molar-refractivity contribution >= 4 is 10.0 Å². The second-order valence-electron chi connectivity index (χ2n) is 5.38. The molecule has 2 aromatic carbocycles. The Bertz CT molecular complexity index is 990. The van der Waals surface area contributed by atoms with Crippen LogP contribution < -0.4 is 5.14 Å². The molecule has 1 heterocycles. The van der Waals surface area contributed by atoms with E-state index in [2.05, 4.69) is 0 Å². The molecule has 0 fully saturated rings. The van der Waals surface area contributed by atoms with Gasteiger partial charge in [-0.1, -0.05) is 12.1 Å². The highest BCUT2D eigenvalue weighted by molar-refractivity contribution is 7.89. The van der Waals surface area contributed by atoms with Gasteiger partial charge in [0.15, 0.2) is 0 Å². The molecule has 0 aliphatic heterocycles. The zero-order valence-electron chi connectivity index (χ0n) is 12.7. The van der Waals surface area contributed by atoms with Crippen molar-refractivity contribution in [3.05, 3.63) is 72.4 Å². The van der Waals surface area contributed by atoms with E-state index in [0.717, 1.165) is 12.1 Å². The number of nitrogens with zero attached hydrogens (tertiary/aromatic N) is 1. The van der Waals surface area contributed by atoms with Crippen molar-refractivity contribution in [1.82, 2.24) is 4.57 Å². The van der Waals surface area contributed by atoms with Crippen LogP contribution in [0, 0.1) is 0 Å². The van der Waals surface area contributed by atoms with Gasteiger partial charge < -0.3 is 4.57 Å². The highest BCUT2D eigenvalue weighted by atomic mass is 32.2. The molecule has 8 heteroatoms. The number of rotatable bonds is 3. The SMILES string of the molecule is NS(=O)(=O)c1ccc(-n2cccc2-c2ccc(C(F)(F)F)cc2)cc1. The van der Waals surface area contributed by atoms with Crippen LogP contribution in [0.5, 0.6) is 0 Å². The van der Waals surface area contributed by atoms with Crippen LogP contribution in [0.1, 0.15) is 5.56 Å². The fourth-order valence-corrected chi connectivity index (χ4v) is 2.98. The average molecular weight is 366 g/mol. The number of hydrogen-bond acceptors (Lipinski definition) is 2. The molecule has 0 saturated heterocycles. The Morgan fingerprint density at radius 3 is 2.00 bits per heavy atom. The van der Waals surface area contributed by atoms with Gasteiger partial charge in [-0.05, 0) is 54.1 Å². The van der Waals surface area contributed by atoms with E-state index in [-0.39, 0.29) is 4.90 Å². The minimum Gasteiger partial charge on any atom is -0.317 e. The minimum atomic E-state index is -4.38. The monoisotopic (exact) mass is 366 g/mol. The Kier molecular flexibility index (Phi) is 4.18. The fourth-order valence-electron chi connectivity index (χ4n) is 2.47. The number of benzene rings is 2. The molecule has 25 heavy (non-hydrogen) atoms. The van der Waals surface area contributed by atoms with Crippen LogP contribution in [0.15, 0.2) is 71.8 Å². The summed E-state index contributed by atoms with van der Waals surface area (Å²) in [7, 11) is -3.79. The van der Waals surface area contributed by atoms with Crippen LogP contribution in [-0.2, 0) is 16.2 Å². The lowest BCUT2D eigenvalue weighted by molar-refractivity contribution is -0.137. The lowest BCUT2D eigenvalue weighted by Gasteiger charge is -2.11. The van der Waals surface area contributed by atoms with E-state index in [0.29, 0.717) is 16.9 Å². The quantitative estimate of drug-likeness (QED) is 0.766. The van der Waals surface area contributed by atoms with Crippen LogP contribution in [0.3, 0.4) is 0 Å². The highest BCUT2D eigenvalue weighted by Gasteiger charge is 2.30. The predicted octanol–water partition coefficient (Wildman–Crippen LogP) is 3.81. The number of primary sulfonamides is 1. The highest BCUT2D eigenvalue weighted by Crippen LogP contribution is 2.31. The van der Waals surface area contributed by atoms with Crippen molar-refractivity contribution in [3.8, 4) is 16.9 Å². The first-order valence-electron chi connectivity index (χ1n) is 7.14. The molecule has 3 aromatic rings. The van der Waals surface area contributed by atoms with E-state index in [1.807, 2.05) is 0 Å². The van der Waals surface area contributed by atoms with E-state index in [1.54, 1.807) is 35.0 Å². The molecule has 0 radical (unpaired) electrons. The largest absolute Gasteiger partial charge is 0.416 e. The topological polar surface area (TPSA) is 65.1 Å². The number of hydrogen-bond donors (Lipinski definition) is 1. The summed E-state index contributed by atoms with van der Waals surface area (Å²) in [6.45, 7) is 0. The van der Waals surface area contributed by atoms with E-state index in [9.17, 15) is 21.6 Å². The molecule has 130 valence electrons. The molecule has 0 aliphatic rings. The summed E-state index contributed by atoms with van der Waals surface area (Å²) >= 11 is 0. The Balaban J connectivity index is 1.98. The zero-order valence-corrected chi connectivity index (χ0v) is 13.6. The van der Waals surface area contributed by atoms with Crippen molar-refractivity contribution in [1.29, 1.82) is 0 Å². The number of halogens is 3. The summed E-state index contributed by atoms with van der Waals surface area (Å²) in [5.74, 6) is 0. The molecule has 0 bridgehead atoms. The van der Waals surface area contributed by atoms with E-state index < -0.39 is 21.8 Å². The Hall–Kier alpha value is -2.58. The molecule has 0 atom stereocenters. The van der Waals surface area contributed by atoms with Gasteiger partial charge in [0.1, 0.15) is 0 Å². The zero-order chi connectivity index (χ0) is 18.2. The van der Waals surface area contributed by atoms with Crippen molar-refractivity contribution in [2.45, 2.75) is 11.1 Å². The van der Waals surface area contributed by atoms with Gasteiger partial charge in [0, 0.05) is 11.9 Å². The molecule has 1 aromatic heterocycles. The lowest BCUT2D eigenvalue weighted by Crippen LogP contribution is -2.12. The van der Waals surface area contributed by atoms with Gasteiger partial charge in [-0.3, -0.25) is 0 Å². The number of sulfonamides is 1. The van der Waals surface area contributed by atoms with Crippen LogP contribution in [0.4, 0.5) is 13.2 Å².